The standard InChI is InChI=1S/C26H33NO4/c1-17(2)26(30)31-24-13-12-21(25(28)29)16-23(24)22(20-10-8-7-9-11-20)14-15-27(18(3)4)19(5)6/h7-13,16,18-19,22H,1,14-15H2,2-6H3,(H,28,29). The van der Waals surface area contributed by atoms with Gasteiger partial charge in [-0.15, -0.1) is 0 Å². The number of rotatable bonds is 10. The number of carbonyl (C=O) groups excluding carboxylic acids is 1. The van der Waals surface area contributed by atoms with Gasteiger partial charge in [0, 0.05) is 29.1 Å². The SMILES string of the molecule is C=C(C)C(=O)Oc1ccc(C(=O)O)cc1C(CCN(C(C)C)C(C)C)c1ccccc1. The Bertz CT molecular complexity index is 910. The largest absolute Gasteiger partial charge is 0.478 e. The van der Waals surface area contributed by atoms with Crippen LogP contribution in [-0.4, -0.2) is 40.6 Å². The van der Waals surface area contributed by atoms with Gasteiger partial charge in [-0.2, -0.15) is 0 Å². The number of carbonyl (C=O) groups is 2. The predicted molar refractivity (Wildman–Crippen MR) is 124 cm³/mol. The second kappa shape index (κ2) is 10.9. The molecule has 0 aliphatic rings. The smallest absolute Gasteiger partial charge is 0.338 e. The van der Waals surface area contributed by atoms with Gasteiger partial charge in [0.15, 0.2) is 0 Å². The lowest BCUT2D eigenvalue weighted by Gasteiger charge is -2.32. The molecule has 0 fully saturated rings. The van der Waals surface area contributed by atoms with E-state index in [1.54, 1.807) is 19.1 Å². The van der Waals surface area contributed by atoms with Crippen molar-refractivity contribution in [3.63, 3.8) is 0 Å². The van der Waals surface area contributed by atoms with Crippen molar-refractivity contribution in [2.75, 3.05) is 6.54 Å². The van der Waals surface area contributed by atoms with Crippen molar-refractivity contribution in [2.24, 2.45) is 0 Å². The molecule has 31 heavy (non-hydrogen) atoms. The maximum absolute atomic E-state index is 12.2. The van der Waals surface area contributed by atoms with E-state index in [0.29, 0.717) is 23.4 Å². The Balaban J connectivity index is 2.55. The summed E-state index contributed by atoms with van der Waals surface area (Å²) in [5.74, 6) is -1.31. The van der Waals surface area contributed by atoms with E-state index in [0.717, 1.165) is 18.5 Å². The molecule has 0 heterocycles. The Labute approximate surface area is 185 Å². The molecule has 166 valence electrons. The van der Waals surface area contributed by atoms with Crippen LogP contribution in [0.3, 0.4) is 0 Å². The number of ether oxygens (including phenoxy) is 1. The first kappa shape index (κ1) is 24.4. The number of aromatic carboxylic acids is 1. The van der Waals surface area contributed by atoms with Gasteiger partial charge in [-0.25, -0.2) is 9.59 Å². The second-order valence-corrected chi connectivity index (χ2v) is 8.40. The summed E-state index contributed by atoms with van der Waals surface area (Å²) in [6.45, 7) is 14.7. The molecule has 1 unspecified atom stereocenters. The second-order valence-electron chi connectivity index (χ2n) is 8.40. The fourth-order valence-corrected chi connectivity index (χ4v) is 3.81. The number of hydrogen-bond donors (Lipinski definition) is 1. The van der Waals surface area contributed by atoms with E-state index in [1.165, 1.54) is 6.07 Å². The van der Waals surface area contributed by atoms with Crippen LogP contribution in [0.1, 0.15) is 68.4 Å². The zero-order valence-electron chi connectivity index (χ0n) is 19.1. The fourth-order valence-electron chi connectivity index (χ4n) is 3.81. The average Bonchev–Trinajstić information content (AvgIpc) is 2.71. The number of carboxylic acid groups (broad SMARTS) is 1. The van der Waals surface area contributed by atoms with Crippen LogP contribution in [0.25, 0.3) is 0 Å². The highest BCUT2D eigenvalue weighted by molar-refractivity contribution is 5.90. The number of carboxylic acids is 1. The minimum absolute atomic E-state index is 0.131. The monoisotopic (exact) mass is 423 g/mol. The Morgan fingerprint density at radius 1 is 1.03 bits per heavy atom. The number of esters is 1. The average molecular weight is 424 g/mol. The van der Waals surface area contributed by atoms with Gasteiger partial charge in [-0.3, -0.25) is 4.90 Å². The summed E-state index contributed by atoms with van der Waals surface area (Å²) in [7, 11) is 0. The molecule has 1 N–H and O–H groups in total. The quantitative estimate of drug-likeness (QED) is 0.310. The molecule has 2 rings (SSSR count). The van der Waals surface area contributed by atoms with E-state index >= 15 is 0 Å². The molecule has 0 spiro atoms. The number of benzene rings is 2. The van der Waals surface area contributed by atoms with Crippen molar-refractivity contribution in [3.8, 4) is 5.75 Å². The minimum Gasteiger partial charge on any atom is -0.478 e. The zero-order chi connectivity index (χ0) is 23.1. The van der Waals surface area contributed by atoms with E-state index in [1.807, 2.05) is 30.3 Å². The van der Waals surface area contributed by atoms with Gasteiger partial charge < -0.3 is 9.84 Å². The lowest BCUT2D eigenvalue weighted by atomic mass is 9.86. The summed E-state index contributed by atoms with van der Waals surface area (Å²) in [5.41, 5.74) is 2.18. The molecule has 2 aromatic rings. The van der Waals surface area contributed by atoms with Crippen LogP contribution in [0.2, 0.25) is 0 Å². The topological polar surface area (TPSA) is 66.8 Å². The van der Waals surface area contributed by atoms with Crippen LogP contribution < -0.4 is 4.74 Å². The molecular weight excluding hydrogens is 390 g/mol. The molecule has 0 saturated carbocycles. The number of hydrogen-bond acceptors (Lipinski definition) is 4. The van der Waals surface area contributed by atoms with Crippen molar-refractivity contribution in [1.29, 1.82) is 0 Å². The first-order chi connectivity index (χ1) is 14.6. The van der Waals surface area contributed by atoms with E-state index < -0.39 is 11.9 Å². The molecule has 0 saturated heterocycles. The molecule has 0 aromatic heterocycles. The Kier molecular flexibility index (Phi) is 8.57. The van der Waals surface area contributed by atoms with Crippen molar-refractivity contribution >= 4 is 11.9 Å². The van der Waals surface area contributed by atoms with E-state index in [9.17, 15) is 14.7 Å². The van der Waals surface area contributed by atoms with Crippen LogP contribution >= 0.6 is 0 Å². The molecule has 0 radical (unpaired) electrons. The molecule has 0 aliphatic heterocycles. The van der Waals surface area contributed by atoms with E-state index in [4.69, 9.17) is 4.74 Å². The van der Waals surface area contributed by atoms with E-state index in [-0.39, 0.29) is 17.1 Å². The summed E-state index contributed by atoms with van der Waals surface area (Å²) in [4.78, 5) is 26.3. The first-order valence-corrected chi connectivity index (χ1v) is 10.7. The zero-order valence-corrected chi connectivity index (χ0v) is 19.1. The fraction of sp³-hybridized carbons (Fsp3) is 0.385. The molecule has 0 amide bonds. The lowest BCUT2D eigenvalue weighted by Crippen LogP contribution is -2.38. The first-order valence-electron chi connectivity index (χ1n) is 10.7. The van der Waals surface area contributed by atoms with Gasteiger partial charge in [-0.05, 0) is 71.3 Å². The third-order valence-electron chi connectivity index (χ3n) is 5.39. The van der Waals surface area contributed by atoms with Gasteiger partial charge in [0.1, 0.15) is 5.75 Å². The number of nitrogens with zero attached hydrogens (tertiary/aromatic N) is 1. The van der Waals surface area contributed by atoms with Crippen molar-refractivity contribution < 1.29 is 19.4 Å². The Morgan fingerprint density at radius 2 is 1.65 bits per heavy atom. The molecular formula is C26H33NO4. The highest BCUT2D eigenvalue weighted by Gasteiger charge is 2.24. The summed E-state index contributed by atoms with van der Waals surface area (Å²) in [6, 6.07) is 15.3. The van der Waals surface area contributed by atoms with Crippen LogP contribution in [0.4, 0.5) is 0 Å². The van der Waals surface area contributed by atoms with Gasteiger partial charge in [0.05, 0.1) is 5.56 Å². The van der Waals surface area contributed by atoms with Crippen molar-refractivity contribution in [2.45, 2.75) is 59.0 Å². The third kappa shape index (κ3) is 6.53. The molecule has 5 heteroatoms. The molecule has 0 bridgehead atoms. The summed E-state index contributed by atoms with van der Waals surface area (Å²) < 4.78 is 5.60. The van der Waals surface area contributed by atoms with Crippen LogP contribution in [0, 0.1) is 0 Å². The summed E-state index contributed by atoms with van der Waals surface area (Å²) in [5, 5.41) is 9.56. The van der Waals surface area contributed by atoms with E-state index in [2.05, 4.69) is 39.2 Å². The van der Waals surface area contributed by atoms with Gasteiger partial charge in [0.2, 0.25) is 0 Å². The molecule has 5 nitrogen and oxygen atoms in total. The highest BCUT2D eigenvalue weighted by atomic mass is 16.5. The lowest BCUT2D eigenvalue weighted by molar-refractivity contribution is -0.130. The molecule has 2 aromatic carbocycles. The van der Waals surface area contributed by atoms with Crippen LogP contribution in [0.15, 0.2) is 60.7 Å². The Hall–Kier alpha value is -2.92. The van der Waals surface area contributed by atoms with Crippen molar-refractivity contribution in [3.05, 3.63) is 77.4 Å². The molecule has 1 atom stereocenters. The minimum atomic E-state index is -1.02. The molecule has 0 aliphatic carbocycles. The van der Waals surface area contributed by atoms with Gasteiger partial charge >= 0.3 is 11.9 Å². The third-order valence-corrected chi connectivity index (χ3v) is 5.39. The maximum Gasteiger partial charge on any atom is 0.338 e. The predicted octanol–water partition coefficient (Wildman–Crippen LogP) is 5.51. The summed E-state index contributed by atoms with van der Waals surface area (Å²) >= 11 is 0. The highest BCUT2D eigenvalue weighted by Crippen LogP contribution is 2.36. The van der Waals surface area contributed by atoms with Crippen LogP contribution in [-0.2, 0) is 4.79 Å². The van der Waals surface area contributed by atoms with Gasteiger partial charge in [0.25, 0.3) is 0 Å². The van der Waals surface area contributed by atoms with Gasteiger partial charge in [-0.1, -0.05) is 36.9 Å². The maximum atomic E-state index is 12.2. The normalized spacial score (nSPS) is 12.3. The van der Waals surface area contributed by atoms with Crippen molar-refractivity contribution in [1.82, 2.24) is 4.90 Å². The van der Waals surface area contributed by atoms with Crippen LogP contribution in [0.5, 0.6) is 5.75 Å². The Morgan fingerprint density at radius 3 is 2.16 bits per heavy atom. The summed E-state index contributed by atoms with van der Waals surface area (Å²) in [6.07, 6.45) is 0.751.